The van der Waals surface area contributed by atoms with Crippen LogP contribution in [0.5, 0.6) is 0 Å². The largest absolute Gasteiger partial charge is 0.366 e. The predicted molar refractivity (Wildman–Crippen MR) is 140 cm³/mol. The van der Waals surface area contributed by atoms with Crippen molar-refractivity contribution in [2.24, 2.45) is 0 Å². The van der Waals surface area contributed by atoms with E-state index in [1.165, 1.54) is 28.0 Å². The van der Waals surface area contributed by atoms with Crippen LogP contribution in [0.4, 0.5) is 5.69 Å². The van der Waals surface area contributed by atoms with Crippen molar-refractivity contribution in [2.75, 3.05) is 11.9 Å². The van der Waals surface area contributed by atoms with Gasteiger partial charge in [-0.1, -0.05) is 48.5 Å². The second-order valence-corrected chi connectivity index (χ2v) is 9.94. The summed E-state index contributed by atoms with van der Waals surface area (Å²) in [6.07, 6.45) is 4.21. The van der Waals surface area contributed by atoms with Crippen LogP contribution in [0.15, 0.2) is 79.0 Å². The molecule has 2 atom stereocenters. The molecule has 0 unspecified atom stereocenters. The third-order valence-corrected chi connectivity index (χ3v) is 7.33. The molecule has 0 amide bonds. The average Bonchev–Trinajstić information content (AvgIpc) is 3.14. The maximum Gasteiger partial charge on any atom is 0.170 e. The van der Waals surface area contributed by atoms with Crippen molar-refractivity contribution in [1.29, 1.82) is 0 Å². The van der Waals surface area contributed by atoms with Gasteiger partial charge in [0.2, 0.25) is 0 Å². The van der Waals surface area contributed by atoms with Crippen molar-refractivity contribution < 1.29 is 0 Å². The highest BCUT2D eigenvalue weighted by Crippen LogP contribution is 2.44. The van der Waals surface area contributed by atoms with E-state index in [0.29, 0.717) is 0 Å². The summed E-state index contributed by atoms with van der Waals surface area (Å²) in [4.78, 5) is 9.34. The summed E-state index contributed by atoms with van der Waals surface area (Å²) in [5.74, 6) is 0. The Kier molecular flexibility index (Phi) is 5.45. The minimum absolute atomic E-state index is 0.00901. The zero-order chi connectivity index (χ0) is 23.2. The summed E-state index contributed by atoms with van der Waals surface area (Å²) >= 11 is 5.85. The summed E-state index contributed by atoms with van der Waals surface area (Å²) in [5, 5.41) is 4.34. The second-order valence-electron chi connectivity index (χ2n) is 9.56. The number of fused-ring (bicyclic) bond motifs is 1. The molecule has 2 aliphatic rings. The summed E-state index contributed by atoms with van der Waals surface area (Å²) < 4.78 is 0. The number of hydrogen-bond donors (Lipinski definition) is 1. The average molecular weight is 455 g/mol. The summed E-state index contributed by atoms with van der Waals surface area (Å²) in [5.41, 5.74) is 7.34. The lowest BCUT2D eigenvalue weighted by atomic mass is 9.86. The summed E-state index contributed by atoms with van der Waals surface area (Å²) in [6, 6.07) is 23.5. The van der Waals surface area contributed by atoms with Crippen LogP contribution in [-0.2, 0) is 6.54 Å². The van der Waals surface area contributed by atoms with Crippen LogP contribution < -0.4 is 10.2 Å². The molecule has 5 rings (SSSR count). The summed E-state index contributed by atoms with van der Waals surface area (Å²) in [7, 11) is 2.17. The molecule has 2 aliphatic heterocycles. The second kappa shape index (κ2) is 8.31. The van der Waals surface area contributed by atoms with Crippen LogP contribution in [-0.4, -0.2) is 27.6 Å². The molecule has 0 radical (unpaired) electrons. The zero-order valence-electron chi connectivity index (χ0n) is 19.6. The number of likely N-dealkylation sites (N-methyl/N-ethyl adjacent to an activating group) is 1. The van der Waals surface area contributed by atoms with Gasteiger partial charge >= 0.3 is 0 Å². The van der Waals surface area contributed by atoms with Gasteiger partial charge in [0.1, 0.15) is 0 Å². The van der Waals surface area contributed by atoms with Gasteiger partial charge in [-0.25, -0.2) is 0 Å². The Morgan fingerprint density at radius 3 is 2.52 bits per heavy atom. The van der Waals surface area contributed by atoms with Crippen molar-refractivity contribution in [3.05, 3.63) is 101 Å². The van der Waals surface area contributed by atoms with Gasteiger partial charge in [0, 0.05) is 31.0 Å². The molecule has 0 bridgehead atoms. The molecule has 33 heavy (non-hydrogen) atoms. The highest BCUT2D eigenvalue weighted by atomic mass is 32.1. The highest BCUT2D eigenvalue weighted by molar-refractivity contribution is 7.80. The van der Waals surface area contributed by atoms with E-state index in [4.69, 9.17) is 12.2 Å². The third kappa shape index (κ3) is 3.91. The number of anilines is 1. The molecular weight excluding hydrogens is 424 g/mol. The quantitative estimate of drug-likeness (QED) is 0.497. The number of rotatable bonds is 4. The van der Waals surface area contributed by atoms with E-state index < -0.39 is 0 Å². The summed E-state index contributed by atoms with van der Waals surface area (Å²) in [6.45, 7) is 7.48. The lowest BCUT2D eigenvalue weighted by molar-refractivity contribution is 0.311. The van der Waals surface area contributed by atoms with Crippen LogP contribution in [0.25, 0.3) is 5.57 Å². The Bertz CT molecular complexity index is 1200. The molecular formula is C28H30N4S. The Hall–Kier alpha value is -3.18. The molecule has 1 fully saturated rings. The molecule has 2 aromatic carbocycles. The number of nitrogens with zero attached hydrogens (tertiary/aromatic N) is 3. The lowest BCUT2D eigenvalue weighted by Crippen LogP contribution is -2.42. The molecule has 1 N–H and O–H groups in total. The first-order valence-corrected chi connectivity index (χ1v) is 11.9. The third-order valence-electron chi connectivity index (χ3n) is 6.98. The van der Waals surface area contributed by atoms with Crippen molar-refractivity contribution in [2.45, 2.75) is 44.9 Å². The van der Waals surface area contributed by atoms with Gasteiger partial charge < -0.3 is 15.1 Å². The van der Waals surface area contributed by atoms with Crippen molar-refractivity contribution in [1.82, 2.24) is 15.2 Å². The number of aromatic nitrogens is 1. The fourth-order valence-corrected chi connectivity index (χ4v) is 5.39. The first-order valence-electron chi connectivity index (χ1n) is 11.4. The van der Waals surface area contributed by atoms with Gasteiger partial charge in [0.15, 0.2) is 5.11 Å². The van der Waals surface area contributed by atoms with Crippen LogP contribution in [0, 0.1) is 0 Å². The molecule has 0 aliphatic carbocycles. The predicted octanol–water partition coefficient (Wildman–Crippen LogP) is 5.89. The fourth-order valence-electron chi connectivity index (χ4n) is 5.08. The topological polar surface area (TPSA) is 31.4 Å². The maximum absolute atomic E-state index is 5.85. The number of hydrogen-bond acceptors (Lipinski definition) is 3. The maximum atomic E-state index is 5.85. The molecule has 0 spiro atoms. The van der Waals surface area contributed by atoms with E-state index in [1.54, 1.807) is 0 Å². The van der Waals surface area contributed by atoms with E-state index in [9.17, 15) is 0 Å². The Balaban J connectivity index is 1.60. The first kappa shape index (κ1) is 21.7. The van der Waals surface area contributed by atoms with Gasteiger partial charge in [-0.2, -0.15) is 0 Å². The lowest BCUT2D eigenvalue weighted by Gasteiger charge is -2.41. The van der Waals surface area contributed by atoms with Crippen LogP contribution in [0.3, 0.4) is 0 Å². The van der Waals surface area contributed by atoms with E-state index in [-0.39, 0.29) is 17.6 Å². The molecule has 3 heterocycles. The van der Waals surface area contributed by atoms with E-state index in [0.717, 1.165) is 17.4 Å². The van der Waals surface area contributed by atoms with Crippen LogP contribution >= 0.6 is 12.2 Å². The fraction of sp³-hybridized carbons (Fsp3) is 0.286. The van der Waals surface area contributed by atoms with Gasteiger partial charge in [-0.05, 0) is 74.0 Å². The van der Waals surface area contributed by atoms with Gasteiger partial charge in [-0.3, -0.25) is 4.98 Å². The normalized spacial score (nSPS) is 21.5. The molecule has 168 valence electrons. The molecule has 3 aromatic rings. The van der Waals surface area contributed by atoms with E-state index in [2.05, 4.69) is 109 Å². The Labute approximate surface area is 202 Å². The van der Waals surface area contributed by atoms with Crippen LogP contribution in [0.2, 0.25) is 0 Å². The zero-order valence-corrected chi connectivity index (χ0v) is 20.4. The molecule has 1 saturated heterocycles. The SMILES string of the molecule is CC1=CC(C)(C)N(C)c2ccc([C@H]3[C@H](c4ccccn4)NC(=S)N3Cc3ccccc3)cc21. The van der Waals surface area contributed by atoms with Crippen molar-refractivity contribution in [3.8, 4) is 0 Å². The highest BCUT2D eigenvalue weighted by Gasteiger charge is 2.40. The van der Waals surface area contributed by atoms with Gasteiger partial charge in [0.25, 0.3) is 0 Å². The molecule has 5 heteroatoms. The molecule has 0 saturated carbocycles. The van der Waals surface area contributed by atoms with Crippen molar-refractivity contribution in [3.63, 3.8) is 0 Å². The monoisotopic (exact) mass is 454 g/mol. The number of pyridine rings is 1. The minimum Gasteiger partial charge on any atom is -0.366 e. The number of benzene rings is 2. The Morgan fingerprint density at radius 2 is 1.79 bits per heavy atom. The van der Waals surface area contributed by atoms with Crippen LogP contribution in [0.1, 0.15) is 55.2 Å². The van der Waals surface area contributed by atoms with Gasteiger partial charge in [0.05, 0.1) is 23.3 Å². The molecule has 1 aromatic heterocycles. The number of allylic oxidation sites excluding steroid dienone is 1. The smallest absolute Gasteiger partial charge is 0.170 e. The van der Waals surface area contributed by atoms with Gasteiger partial charge in [-0.15, -0.1) is 0 Å². The van der Waals surface area contributed by atoms with E-state index in [1.807, 2.05) is 18.3 Å². The Morgan fingerprint density at radius 1 is 1.03 bits per heavy atom. The first-order chi connectivity index (χ1) is 15.8. The van der Waals surface area contributed by atoms with E-state index >= 15 is 0 Å². The standard InChI is InChI=1S/C28H30N4S/c1-19-17-28(2,3)31(4)24-14-13-21(16-22(19)24)26-25(23-12-8-9-15-29-23)30-27(33)32(26)18-20-10-6-5-7-11-20/h5-17,25-26H,18H2,1-4H3,(H,30,33)/t25-,26-/m0/s1. The number of nitrogens with one attached hydrogen (secondary N) is 1. The minimum atomic E-state index is -0.0116. The molecule has 4 nitrogen and oxygen atoms in total. The number of thiocarbonyl (C=S) groups is 1. The van der Waals surface area contributed by atoms with Crippen molar-refractivity contribution >= 4 is 28.6 Å².